The van der Waals surface area contributed by atoms with E-state index in [9.17, 15) is 9.18 Å². The topological polar surface area (TPSA) is 26.3 Å². The van der Waals surface area contributed by atoms with Crippen LogP contribution in [-0.4, -0.2) is 6.29 Å². The van der Waals surface area contributed by atoms with Crippen LogP contribution in [0.15, 0.2) is 42.5 Å². The Balaban J connectivity index is 2.06. The van der Waals surface area contributed by atoms with Crippen LogP contribution < -0.4 is 4.74 Å². The molecule has 0 saturated carbocycles. The van der Waals surface area contributed by atoms with Gasteiger partial charge in [-0.1, -0.05) is 12.1 Å². The third kappa shape index (κ3) is 2.94. The lowest BCUT2D eigenvalue weighted by Crippen LogP contribution is -1.97. The molecule has 2 aromatic rings. The van der Waals surface area contributed by atoms with Crippen LogP contribution in [0.3, 0.4) is 0 Å². The first-order valence-electron chi connectivity index (χ1n) is 5.62. The molecule has 0 aliphatic carbocycles. The zero-order valence-corrected chi connectivity index (χ0v) is 10.0. The molecule has 18 heavy (non-hydrogen) atoms. The zero-order valence-electron chi connectivity index (χ0n) is 10.0. The molecule has 0 atom stereocenters. The highest BCUT2D eigenvalue weighted by Crippen LogP contribution is 2.19. The van der Waals surface area contributed by atoms with Gasteiger partial charge in [0.2, 0.25) is 0 Å². The third-order valence-electron chi connectivity index (χ3n) is 2.64. The molecule has 0 unspecified atom stereocenters. The van der Waals surface area contributed by atoms with Gasteiger partial charge in [-0.05, 0) is 48.4 Å². The van der Waals surface area contributed by atoms with E-state index in [2.05, 4.69) is 0 Å². The van der Waals surface area contributed by atoms with Crippen molar-refractivity contribution in [3.63, 3.8) is 0 Å². The average molecular weight is 244 g/mol. The lowest BCUT2D eigenvalue weighted by molar-refractivity contribution is 0.112. The molecule has 0 aliphatic rings. The largest absolute Gasteiger partial charge is 0.489 e. The van der Waals surface area contributed by atoms with Gasteiger partial charge in [-0.15, -0.1) is 0 Å². The number of halogens is 1. The number of hydrogen-bond acceptors (Lipinski definition) is 2. The Kier molecular flexibility index (Phi) is 3.72. The second kappa shape index (κ2) is 5.45. The summed E-state index contributed by atoms with van der Waals surface area (Å²) >= 11 is 0. The molecule has 0 heterocycles. The molecule has 0 saturated heterocycles. The van der Waals surface area contributed by atoms with Crippen LogP contribution in [-0.2, 0) is 6.61 Å². The molecule has 0 aliphatic heterocycles. The van der Waals surface area contributed by atoms with Gasteiger partial charge in [-0.3, -0.25) is 4.79 Å². The van der Waals surface area contributed by atoms with Crippen LogP contribution in [0.25, 0.3) is 0 Å². The average Bonchev–Trinajstić information content (AvgIpc) is 2.39. The fourth-order valence-corrected chi connectivity index (χ4v) is 1.65. The van der Waals surface area contributed by atoms with Gasteiger partial charge in [0.15, 0.2) is 0 Å². The van der Waals surface area contributed by atoms with E-state index in [0.717, 1.165) is 23.2 Å². The Morgan fingerprint density at radius 2 is 1.89 bits per heavy atom. The van der Waals surface area contributed by atoms with Crippen LogP contribution >= 0.6 is 0 Å². The fourth-order valence-electron chi connectivity index (χ4n) is 1.65. The smallest absolute Gasteiger partial charge is 0.150 e. The van der Waals surface area contributed by atoms with E-state index in [1.54, 1.807) is 30.3 Å². The molecular weight excluding hydrogens is 231 g/mol. The number of ether oxygens (including phenoxy) is 1. The Hall–Kier alpha value is -2.16. The lowest BCUT2D eigenvalue weighted by Gasteiger charge is -2.09. The summed E-state index contributed by atoms with van der Waals surface area (Å²) in [5.41, 5.74) is 2.43. The first-order chi connectivity index (χ1) is 8.69. The molecule has 3 heteroatoms. The summed E-state index contributed by atoms with van der Waals surface area (Å²) in [4.78, 5) is 10.6. The quantitative estimate of drug-likeness (QED) is 0.769. The van der Waals surface area contributed by atoms with Crippen LogP contribution in [0.1, 0.15) is 21.5 Å². The van der Waals surface area contributed by atoms with Gasteiger partial charge in [0.1, 0.15) is 24.5 Å². The molecule has 2 nitrogen and oxygen atoms in total. The molecule has 0 amide bonds. The van der Waals surface area contributed by atoms with Gasteiger partial charge in [0.05, 0.1) is 0 Å². The van der Waals surface area contributed by atoms with Gasteiger partial charge in [-0.2, -0.15) is 0 Å². The summed E-state index contributed by atoms with van der Waals surface area (Å²) in [6.07, 6.45) is 0.802. The van der Waals surface area contributed by atoms with Crippen molar-refractivity contribution < 1.29 is 13.9 Å². The van der Waals surface area contributed by atoms with E-state index < -0.39 is 0 Å². The Morgan fingerprint density at radius 1 is 1.17 bits per heavy atom. The molecule has 92 valence electrons. The molecule has 0 spiro atoms. The molecule has 0 aromatic heterocycles. The number of carbonyl (C=O) groups excluding carboxylic acids is 1. The van der Waals surface area contributed by atoms with Gasteiger partial charge in [0, 0.05) is 5.56 Å². The summed E-state index contributed by atoms with van der Waals surface area (Å²) in [7, 11) is 0. The predicted octanol–water partition coefficient (Wildman–Crippen LogP) is 3.53. The maximum Gasteiger partial charge on any atom is 0.150 e. The molecule has 0 radical (unpaired) electrons. The summed E-state index contributed by atoms with van der Waals surface area (Å²) in [6, 6.07) is 11.4. The number of aryl methyl sites for hydroxylation is 1. The van der Waals surface area contributed by atoms with Crippen molar-refractivity contribution in [3.05, 3.63) is 65.0 Å². The van der Waals surface area contributed by atoms with Gasteiger partial charge < -0.3 is 4.74 Å². The van der Waals surface area contributed by atoms with E-state index >= 15 is 0 Å². The standard InChI is InChI=1S/C15H13FO2/c1-11-8-13(9-17)4-7-15(11)18-10-12-2-5-14(16)6-3-12/h2-9H,10H2,1H3. The van der Waals surface area contributed by atoms with Crippen molar-refractivity contribution >= 4 is 6.29 Å². The Bertz CT molecular complexity index is 547. The molecule has 2 aromatic carbocycles. The normalized spacial score (nSPS) is 10.1. The SMILES string of the molecule is Cc1cc(C=O)ccc1OCc1ccc(F)cc1. The maximum absolute atomic E-state index is 12.7. The minimum Gasteiger partial charge on any atom is -0.489 e. The van der Waals surface area contributed by atoms with E-state index in [1.807, 2.05) is 6.92 Å². The zero-order chi connectivity index (χ0) is 13.0. The van der Waals surface area contributed by atoms with Gasteiger partial charge in [-0.25, -0.2) is 4.39 Å². The number of benzene rings is 2. The van der Waals surface area contributed by atoms with Gasteiger partial charge in [0.25, 0.3) is 0 Å². The Labute approximate surface area is 105 Å². The van der Waals surface area contributed by atoms with Crippen LogP contribution in [0.5, 0.6) is 5.75 Å². The van der Waals surface area contributed by atoms with E-state index in [4.69, 9.17) is 4.74 Å². The van der Waals surface area contributed by atoms with Crippen molar-refractivity contribution in [2.24, 2.45) is 0 Å². The Morgan fingerprint density at radius 3 is 2.50 bits per heavy atom. The first kappa shape index (κ1) is 12.3. The third-order valence-corrected chi connectivity index (χ3v) is 2.64. The number of hydrogen-bond donors (Lipinski definition) is 0. The molecule has 0 fully saturated rings. The molecule has 2 rings (SSSR count). The molecule has 0 N–H and O–H groups in total. The van der Waals surface area contributed by atoms with Crippen LogP contribution in [0.4, 0.5) is 4.39 Å². The lowest BCUT2D eigenvalue weighted by atomic mass is 10.1. The van der Waals surface area contributed by atoms with E-state index in [1.165, 1.54) is 12.1 Å². The van der Waals surface area contributed by atoms with Crippen molar-refractivity contribution in [1.29, 1.82) is 0 Å². The summed E-state index contributed by atoms with van der Waals surface area (Å²) < 4.78 is 18.3. The first-order valence-corrected chi connectivity index (χ1v) is 5.62. The van der Waals surface area contributed by atoms with Crippen molar-refractivity contribution in [1.82, 2.24) is 0 Å². The summed E-state index contributed by atoms with van der Waals surface area (Å²) in [6.45, 7) is 2.26. The highest BCUT2D eigenvalue weighted by atomic mass is 19.1. The van der Waals surface area contributed by atoms with Crippen molar-refractivity contribution in [2.45, 2.75) is 13.5 Å². The fraction of sp³-hybridized carbons (Fsp3) is 0.133. The maximum atomic E-state index is 12.7. The second-order valence-electron chi connectivity index (χ2n) is 4.06. The summed E-state index contributed by atoms with van der Waals surface area (Å²) in [5, 5.41) is 0. The second-order valence-corrected chi connectivity index (χ2v) is 4.06. The van der Waals surface area contributed by atoms with Crippen LogP contribution in [0.2, 0.25) is 0 Å². The highest BCUT2D eigenvalue weighted by Gasteiger charge is 2.01. The number of rotatable bonds is 4. The molecular formula is C15H13FO2. The van der Waals surface area contributed by atoms with Crippen LogP contribution in [0, 0.1) is 12.7 Å². The van der Waals surface area contributed by atoms with E-state index in [-0.39, 0.29) is 5.82 Å². The van der Waals surface area contributed by atoms with E-state index in [0.29, 0.717) is 12.2 Å². The highest BCUT2D eigenvalue weighted by molar-refractivity contribution is 5.75. The molecule has 0 bridgehead atoms. The summed E-state index contributed by atoms with van der Waals surface area (Å²) in [5.74, 6) is 0.468. The minimum absolute atomic E-state index is 0.259. The predicted molar refractivity (Wildman–Crippen MR) is 67.3 cm³/mol. The monoisotopic (exact) mass is 244 g/mol. The number of aldehydes is 1. The van der Waals surface area contributed by atoms with Crippen molar-refractivity contribution in [2.75, 3.05) is 0 Å². The minimum atomic E-state index is -0.259. The number of carbonyl (C=O) groups is 1. The van der Waals surface area contributed by atoms with Gasteiger partial charge >= 0.3 is 0 Å². The van der Waals surface area contributed by atoms with Crippen molar-refractivity contribution in [3.8, 4) is 5.75 Å².